The highest BCUT2D eigenvalue weighted by molar-refractivity contribution is 6.39. The van der Waals surface area contributed by atoms with Gasteiger partial charge in [0.05, 0.1) is 0 Å². The number of amides is 2. The largest absolute Gasteiger partial charge is 0.347 e. The standard InChI is InChI=1S/C12H16ClN3O2/c1-16(2)7-6-14-11(17)12(18)15-10-5-3-4-9(13)8-10/h3-5,8H,6-7H2,1-2H3,(H,14,17)(H,15,18). The minimum atomic E-state index is -0.698. The summed E-state index contributed by atoms with van der Waals surface area (Å²) in [4.78, 5) is 24.9. The molecule has 0 fully saturated rings. The zero-order valence-electron chi connectivity index (χ0n) is 10.4. The number of hydrogen-bond acceptors (Lipinski definition) is 3. The summed E-state index contributed by atoms with van der Waals surface area (Å²) in [5.41, 5.74) is 0.496. The Morgan fingerprint density at radius 3 is 2.61 bits per heavy atom. The third-order valence-electron chi connectivity index (χ3n) is 2.13. The molecule has 0 saturated heterocycles. The van der Waals surface area contributed by atoms with Crippen molar-refractivity contribution in [3.05, 3.63) is 29.3 Å². The monoisotopic (exact) mass is 269 g/mol. The van der Waals surface area contributed by atoms with Gasteiger partial charge < -0.3 is 15.5 Å². The number of carbonyl (C=O) groups is 2. The summed E-state index contributed by atoms with van der Waals surface area (Å²) < 4.78 is 0. The lowest BCUT2D eigenvalue weighted by Crippen LogP contribution is -2.38. The van der Waals surface area contributed by atoms with E-state index < -0.39 is 11.8 Å². The second-order valence-electron chi connectivity index (χ2n) is 4.02. The smallest absolute Gasteiger partial charge is 0.313 e. The van der Waals surface area contributed by atoms with E-state index in [1.165, 1.54) is 0 Å². The molecule has 0 aliphatic heterocycles. The van der Waals surface area contributed by atoms with Crippen molar-refractivity contribution in [3.8, 4) is 0 Å². The average molecular weight is 270 g/mol. The van der Waals surface area contributed by atoms with Crippen molar-refractivity contribution in [1.82, 2.24) is 10.2 Å². The molecule has 0 aliphatic rings. The molecule has 2 amide bonds. The van der Waals surface area contributed by atoms with Crippen LogP contribution < -0.4 is 10.6 Å². The number of nitrogens with zero attached hydrogens (tertiary/aromatic N) is 1. The summed E-state index contributed by atoms with van der Waals surface area (Å²) >= 11 is 5.77. The zero-order chi connectivity index (χ0) is 13.5. The summed E-state index contributed by atoms with van der Waals surface area (Å²) in [6.07, 6.45) is 0. The van der Waals surface area contributed by atoms with Gasteiger partial charge in [-0.3, -0.25) is 9.59 Å². The van der Waals surface area contributed by atoms with Gasteiger partial charge in [-0.2, -0.15) is 0 Å². The zero-order valence-corrected chi connectivity index (χ0v) is 11.1. The lowest BCUT2D eigenvalue weighted by atomic mass is 10.3. The number of halogens is 1. The fourth-order valence-electron chi connectivity index (χ4n) is 1.23. The molecular formula is C12H16ClN3O2. The maximum atomic E-state index is 11.5. The van der Waals surface area contributed by atoms with Crippen molar-refractivity contribution in [3.63, 3.8) is 0 Å². The topological polar surface area (TPSA) is 61.4 Å². The Labute approximate surface area is 111 Å². The van der Waals surface area contributed by atoms with Gasteiger partial charge in [0, 0.05) is 23.8 Å². The quantitative estimate of drug-likeness (QED) is 0.801. The first-order valence-corrected chi connectivity index (χ1v) is 5.86. The van der Waals surface area contributed by atoms with Gasteiger partial charge >= 0.3 is 11.8 Å². The van der Waals surface area contributed by atoms with Crippen molar-refractivity contribution in [2.24, 2.45) is 0 Å². The minimum absolute atomic E-state index is 0.425. The predicted molar refractivity (Wildman–Crippen MR) is 71.6 cm³/mol. The van der Waals surface area contributed by atoms with E-state index in [0.29, 0.717) is 23.8 Å². The lowest BCUT2D eigenvalue weighted by Gasteiger charge is -2.10. The summed E-state index contributed by atoms with van der Waals surface area (Å²) in [5.74, 6) is -1.35. The van der Waals surface area contributed by atoms with Crippen LogP contribution in [0.15, 0.2) is 24.3 Å². The van der Waals surface area contributed by atoms with Crippen LogP contribution in [0, 0.1) is 0 Å². The second-order valence-corrected chi connectivity index (χ2v) is 4.46. The molecule has 0 bridgehead atoms. The molecule has 18 heavy (non-hydrogen) atoms. The van der Waals surface area contributed by atoms with Crippen molar-refractivity contribution >= 4 is 29.1 Å². The van der Waals surface area contributed by atoms with Crippen molar-refractivity contribution < 1.29 is 9.59 Å². The Morgan fingerprint density at radius 2 is 2.00 bits per heavy atom. The molecule has 6 heteroatoms. The fourth-order valence-corrected chi connectivity index (χ4v) is 1.42. The van der Waals surface area contributed by atoms with Crippen LogP contribution in [0.3, 0.4) is 0 Å². The first kappa shape index (κ1) is 14.5. The first-order chi connectivity index (χ1) is 8.49. The van der Waals surface area contributed by atoms with Crippen LogP contribution in [0.5, 0.6) is 0 Å². The molecule has 2 N–H and O–H groups in total. The van der Waals surface area contributed by atoms with Gasteiger partial charge in [0.2, 0.25) is 0 Å². The van der Waals surface area contributed by atoms with Crippen molar-refractivity contribution in [2.45, 2.75) is 0 Å². The highest BCUT2D eigenvalue weighted by Crippen LogP contribution is 2.14. The molecule has 0 unspecified atom stereocenters. The highest BCUT2D eigenvalue weighted by Gasteiger charge is 2.12. The van der Waals surface area contributed by atoms with Crippen LogP contribution in [0.2, 0.25) is 5.02 Å². The average Bonchev–Trinajstić information content (AvgIpc) is 2.28. The third kappa shape index (κ3) is 5.16. The van der Waals surface area contributed by atoms with E-state index in [-0.39, 0.29) is 0 Å². The van der Waals surface area contributed by atoms with Crippen LogP contribution in [0.4, 0.5) is 5.69 Å². The highest BCUT2D eigenvalue weighted by atomic mass is 35.5. The third-order valence-corrected chi connectivity index (χ3v) is 2.37. The molecule has 1 aromatic carbocycles. The molecule has 0 aromatic heterocycles. The normalized spacial score (nSPS) is 10.2. The van der Waals surface area contributed by atoms with E-state index in [4.69, 9.17) is 11.6 Å². The van der Waals surface area contributed by atoms with Crippen molar-refractivity contribution in [1.29, 1.82) is 0 Å². The first-order valence-electron chi connectivity index (χ1n) is 5.48. The van der Waals surface area contributed by atoms with Gasteiger partial charge in [0.15, 0.2) is 0 Å². The van der Waals surface area contributed by atoms with E-state index >= 15 is 0 Å². The molecule has 0 spiro atoms. The Kier molecular flexibility index (Phi) is 5.61. The Morgan fingerprint density at radius 1 is 1.28 bits per heavy atom. The number of benzene rings is 1. The molecule has 5 nitrogen and oxygen atoms in total. The van der Waals surface area contributed by atoms with E-state index in [1.54, 1.807) is 24.3 Å². The number of nitrogens with one attached hydrogen (secondary N) is 2. The summed E-state index contributed by atoms with van der Waals surface area (Å²) in [5, 5.41) is 5.50. The van der Waals surface area contributed by atoms with Crippen molar-refractivity contribution in [2.75, 3.05) is 32.5 Å². The van der Waals surface area contributed by atoms with Gasteiger partial charge in [0.25, 0.3) is 0 Å². The van der Waals surface area contributed by atoms with Gasteiger partial charge in [-0.15, -0.1) is 0 Å². The van der Waals surface area contributed by atoms with E-state index in [9.17, 15) is 9.59 Å². The van der Waals surface area contributed by atoms with Gasteiger partial charge in [-0.25, -0.2) is 0 Å². The van der Waals surface area contributed by atoms with Crippen LogP contribution in [0.1, 0.15) is 0 Å². The van der Waals surface area contributed by atoms with Gasteiger partial charge in [-0.1, -0.05) is 17.7 Å². The number of rotatable bonds is 4. The molecule has 0 aliphatic carbocycles. The SMILES string of the molecule is CN(C)CCNC(=O)C(=O)Nc1cccc(Cl)c1. The molecule has 0 radical (unpaired) electrons. The molecule has 1 aromatic rings. The maximum absolute atomic E-state index is 11.5. The summed E-state index contributed by atoms with van der Waals surface area (Å²) in [6, 6.07) is 6.62. The molecule has 0 atom stereocenters. The summed E-state index contributed by atoms with van der Waals surface area (Å²) in [6.45, 7) is 1.10. The number of carbonyl (C=O) groups excluding carboxylic acids is 2. The second kappa shape index (κ2) is 6.98. The van der Waals surface area contributed by atoms with Crippen LogP contribution in [-0.2, 0) is 9.59 Å². The number of anilines is 1. The Bertz CT molecular complexity index is 435. The molecule has 0 heterocycles. The molecule has 1 rings (SSSR count). The van der Waals surface area contributed by atoms with E-state index in [0.717, 1.165) is 0 Å². The maximum Gasteiger partial charge on any atom is 0.313 e. The van der Waals surface area contributed by atoms with E-state index in [2.05, 4.69) is 10.6 Å². The molecule has 0 saturated carbocycles. The minimum Gasteiger partial charge on any atom is -0.347 e. The van der Waals surface area contributed by atoms with Gasteiger partial charge in [0.1, 0.15) is 0 Å². The van der Waals surface area contributed by atoms with Crippen LogP contribution in [-0.4, -0.2) is 43.9 Å². The van der Waals surface area contributed by atoms with E-state index in [1.807, 2.05) is 19.0 Å². The molecule has 98 valence electrons. The lowest BCUT2D eigenvalue weighted by molar-refractivity contribution is -0.136. The Balaban J connectivity index is 2.43. The van der Waals surface area contributed by atoms with Crippen LogP contribution in [0.25, 0.3) is 0 Å². The predicted octanol–water partition coefficient (Wildman–Crippen LogP) is 0.956. The van der Waals surface area contributed by atoms with Gasteiger partial charge in [-0.05, 0) is 32.3 Å². The molecular weight excluding hydrogens is 254 g/mol. The number of likely N-dealkylation sites (N-methyl/N-ethyl adjacent to an activating group) is 1. The number of hydrogen-bond donors (Lipinski definition) is 2. The summed E-state index contributed by atoms with van der Waals surface area (Å²) in [7, 11) is 3.77. The fraction of sp³-hybridized carbons (Fsp3) is 0.333. The van der Waals surface area contributed by atoms with Crippen LogP contribution >= 0.6 is 11.6 Å². The Hall–Kier alpha value is -1.59.